The lowest BCUT2D eigenvalue weighted by atomic mass is 9.72. The van der Waals surface area contributed by atoms with Crippen LogP contribution in [0.2, 0.25) is 0 Å². The second kappa shape index (κ2) is 3.99. The van der Waals surface area contributed by atoms with E-state index in [-0.39, 0.29) is 18.2 Å². The molecule has 0 radical (unpaired) electrons. The lowest BCUT2D eigenvalue weighted by Crippen LogP contribution is -2.65. The zero-order valence-electron chi connectivity index (χ0n) is 9.34. The molecule has 2 aliphatic rings. The summed E-state index contributed by atoms with van der Waals surface area (Å²) in [4.78, 5) is 3.93. The van der Waals surface area contributed by atoms with Crippen molar-refractivity contribution in [2.24, 2.45) is 11.7 Å². The summed E-state index contributed by atoms with van der Waals surface area (Å²) in [7, 11) is 0. The second-order valence-electron chi connectivity index (χ2n) is 4.58. The standard InChI is InChI=1S/C12H14N4O/c13-6-8-5-7(1-3-15-8)16-11-10(14)9-2-4-17-12(9)11/h1,3,5,9-12H,2,4,14H2,(H,15,16). The molecular weight excluding hydrogens is 216 g/mol. The number of ether oxygens (including phenoxy) is 1. The van der Waals surface area contributed by atoms with Gasteiger partial charge in [-0.2, -0.15) is 5.26 Å². The molecule has 2 fully saturated rings. The fourth-order valence-electron chi connectivity index (χ4n) is 2.70. The summed E-state index contributed by atoms with van der Waals surface area (Å²) in [5.74, 6) is 0.491. The van der Waals surface area contributed by atoms with Gasteiger partial charge in [0.05, 0.1) is 12.1 Å². The lowest BCUT2D eigenvalue weighted by Gasteiger charge is -2.46. The molecule has 0 spiro atoms. The maximum absolute atomic E-state index is 8.78. The van der Waals surface area contributed by atoms with Crippen LogP contribution < -0.4 is 11.1 Å². The molecule has 1 aromatic heterocycles. The topological polar surface area (TPSA) is 84.0 Å². The lowest BCUT2D eigenvalue weighted by molar-refractivity contribution is 0.00537. The van der Waals surface area contributed by atoms with Gasteiger partial charge in [0.25, 0.3) is 0 Å². The van der Waals surface area contributed by atoms with Crippen molar-refractivity contribution < 1.29 is 4.74 Å². The van der Waals surface area contributed by atoms with Crippen LogP contribution in [0.1, 0.15) is 12.1 Å². The minimum absolute atomic E-state index is 0.140. The first-order valence-corrected chi connectivity index (χ1v) is 5.79. The first-order valence-electron chi connectivity index (χ1n) is 5.79. The molecule has 1 saturated heterocycles. The van der Waals surface area contributed by atoms with Crippen LogP contribution in [-0.4, -0.2) is 29.8 Å². The molecule has 2 heterocycles. The van der Waals surface area contributed by atoms with Gasteiger partial charge in [-0.15, -0.1) is 0 Å². The predicted molar refractivity (Wildman–Crippen MR) is 62.2 cm³/mol. The molecule has 5 nitrogen and oxygen atoms in total. The van der Waals surface area contributed by atoms with Gasteiger partial charge in [-0.25, -0.2) is 4.98 Å². The molecule has 4 atom stereocenters. The van der Waals surface area contributed by atoms with Gasteiger partial charge in [0.1, 0.15) is 11.8 Å². The maximum atomic E-state index is 8.78. The highest BCUT2D eigenvalue weighted by Crippen LogP contribution is 2.39. The molecule has 4 unspecified atom stereocenters. The summed E-state index contributed by atoms with van der Waals surface area (Å²) >= 11 is 0. The predicted octanol–water partition coefficient (Wildman–Crippen LogP) is 0.480. The van der Waals surface area contributed by atoms with Crippen LogP contribution >= 0.6 is 0 Å². The van der Waals surface area contributed by atoms with Crippen molar-refractivity contribution in [3.63, 3.8) is 0 Å². The van der Waals surface area contributed by atoms with Crippen molar-refractivity contribution in [3.05, 3.63) is 24.0 Å². The van der Waals surface area contributed by atoms with Gasteiger partial charge < -0.3 is 15.8 Å². The number of aromatic nitrogens is 1. The van der Waals surface area contributed by atoms with E-state index >= 15 is 0 Å². The number of nitriles is 1. The van der Waals surface area contributed by atoms with Gasteiger partial charge in [0, 0.05) is 30.5 Å². The first-order chi connectivity index (χ1) is 8.29. The number of hydrogen-bond acceptors (Lipinski definition) is 5. The molecule has 3 rings (SSSR count). The van der Waals surface area contributed by atoms with Crippen molar-refractivity contribution >= 4 is 5.69 Å². The van der Waals surface area contributed by atoms with E-state index in [1.54, 1.807) is 12.3 Å². The van der Waals surface area contributed by atoms with Crippen LogP contribution in [-0.2, 0) is 4.74 Å². The molecular formula is C12H14N4O. The number of anilines is 1. The van der Waals surface area contributed by atoms with Gasteiger partial charge in [-0.3, -0.25) is 0 Å². The number of hydrogen-bond donors (Lipinski definition) is 2. The maximum Gasteiger partial charge on any atom is 0.142 e. The van der Waals surface area contributed by atoms with E-state index in [1.807, 2.05) is 12.1 Å². The number of nitrogens with one attached hydrogen (secondary N) is 1. The number of rotatable bonds is 2. The fraction of sp³-hybridized carbons (Fsp3) is 0.500. The highest BCUT2D eigenvalue weighted by Gasteiger charge is 2.52. The van der Waals surface area contributed by atoms with E-state index in [2.05, 4.69) is 10.3 Å². The Hall–Kier alpha value is -1.64. The number of pyridine rings is 1. The third-order valence-corrected chi connectivity index (χ3v) is 3.65. The van der Waals surface area contributed by atoms with Crippen molar-refractivity contribution in [2.45, 2.75) is 24.6 Å². The van der Waals surface area contributed by atoms with E-state index < -0.39 is 0 Å². The Bertz CT molecular complexity index is 470. The zero-order valence-corrected chi connectivity index (χ0v) is 9.34. The number of nitrogens with zero attached hydrogens (tertiary/aromatic N) is 2. The van der Waals surface area contributed by atoms with Gasteiger partial charge >= 0.3 is 0 Å². The molecule has 5 heteroatoms. The SMILES string of the molecule is N#Cc1cc(NC2C(N)C3CCOC32)ccn1. The minimum atomic E-state index is 0.140. The average molecular weight is 230 g/mol. The minimum Gasteiger partial charge on any atom is -0.378 e. The Morgan fingerprint density at radius 2 is 2.47 bits per heavy atom. The van der Waals surface area contributed by atoms with E-state index in [0.29, 0.717) is 11.6 Å². The van der Waals surface area contributed by atoms with Crippen LogP contribution in [0.15, 0.2) is 18.3 Å². The second-order valence-corrected chi connectivity index (χ2v) is 4.58. The Balaban J connectivity index is 1.73. The van der Waals surface area contributed by atoms with Crippen molar-refractivity contribution in [3.8, 4) is 6.07 Å². The summed E-state index contributed by atoms with van der Waals surface area (Å²) in [5, 5.41) is 12.1. The summed E-state index contributed by atoms with van der Waals surface area (Å²) in [6.07, 6.45) is 2.91. The van der Waals surface area contributed by atoms with Gasteiger partial charge in [-0.05, 0) is 18.6 Å². The molecule has 0 amide bonds. The molecule has 1 aromatic rings. The van der Waals surface area contributed by atoms with Crippen LogP contribution in [0.25, 0.3) is 0 Å². The highest BCUT2D eigenvalue weighted by molar-refractivity contribution is 5.48. The van der Waals surface area contributed by atoms with Crippen molar-refractivity contribution in [1.82, 2.24) is 4.98 Å². The molecule has 1 aliphatic carbocycles. The molecule has 0 bridgehead atoms. The Morgan fingerprint density at radius 3 is 3.29 bits per heavy atom. The normalized spacial score (nSPS) is 34.6. The first kappa shape index (κ1) is 10.5. The van der Waals surface area contributed by atoms with Gasteiger partial charge in [-0.1, -0.05) is 0 Å². The van der Waals surface area contributed by atoms with E-state index in [4.69, 9.17) is 15.7 Å². The summed E-state index contributed by atoms with van der Waals surface area (Å²) < 4.78 is 5.64. The van der Waals surface area contributed by atoms with Crippen LogP contribution in [0.3, 0.4) is 0 Å². The highest BCUT2D eigenvalue weighted by atomic mass is 16.5. The van der Waals surface area contributed by atoms with Gasteiger partial charge in [0.2, 0.25) is 0 Å². The Labute approximate surface area is 99.6 Å². The summed E-state index contributed by atoms with van der Waals surface area (Å²) in [5.41, 5.74) is 7.39. The summed E-state index contributed by atoms with van der Waals surface area (Å²) in [6.45, 7) is 0.807. The fourth-order valence-corrected chi connectivity index (χ4v) is 2.70. The quantitative estimate of drug-likeness (QED) is 0.772. The molecule has 3 N–H and O–H groups in total. The average Bonchev–Trinajstić information content (AvgIpc) is 2.81. The molecule has 1 saturated carbocycles. The van der Waals surface area contributed by atoms with E-state index in [1.165, 1.54) is 0 Å². The van der Waals surface area contributed by atoms with Crippen LogP contribution in [0.5, 0.6) is 0 Å². The van der Waals surface area contributed by atoms with E-state index in [9.17, 15) is 0 Å². The smallest absolute Gasteiger partial charge is 0.142 e. The van der Waals surface area contributed by atoms with Crippen molar-refractivity contribution in [2.75, 3.05) is 11.9 Å². The molecule has 1 aliphatic heterocycles. The Morgan fingerprint density at radius 1 is 1.59 bits per heavy atom. The van der Waals surface area contributed by atoms with Crippen molar-refractivity contribution in [1.29, 1.82) is 5.26 Å². The zero-order chi connectivity index (χ0) is 11.8. The monoisotopic (exact) mass is 230 g/mol. The summed E-state index contributed by atoms with van der Waals surface area (Å²) in [6, 6.07) is 5.88. The van der Waals surface area contributed by atoms with Crippen LogP contribution in [0.4, 0.5) is 5.69 Å². The van der Waals surface area contributed by atoms with E-state index in [0.717, 1.165) is 18.7 Å². The third-order valence-electron chi connectivity index (χ3n) is 3.65. The largest absolute Gasteiger partial charge is 0.378 e. The molecule has 0 aromatic carbocycles. The molecule has 88 valence electrons. The van der Waals surface area contributed by atoms with Gasteiger partial charge in [0.15, 0.2) is 0 Å². The number of nitrogens with two attached hydrogens (primary N) is 1. The molecule has 17 heavy (non-hydrogen) atoms. The Kier molecular flexibility index (Phi) is 2.46. The third kappa shape index (κ3) is 1.66. The number of fused-ring (bicyclic) bond motifs is 1. The van der Waals surface area contributed by atoms with Crippen LogP contribution in [0, 0.1) is 17.2 Å².